The smallest absolute Gasteiger partial charge is 0.239 e. The van der Waals surface area contributed by atoms with Gasteiger partial charge in [0.1, 0.15) is 5.82 Å². The minimum absolute atomic E-state index is 0.0859. The number of hydrogen-bond acceptors (Lipinski definition) is 2. The summed E-state index contributed by atoms with van der Waals surface area (Å²) in [4.78, 5) is 14.3. The highest BCUT2D eigenvalue weighted by molar-refractivity contribution is 5.81. The molecule has 1 N–H and O–H groups in total. The van der Waals surface area contributed by atoms with Crippen molar-refractivity contribution >= 4 is 11.6 Å². The molecule has 1 saturated carbocycles. The van der Waals surface area contributed by atoms with Crippen LogP contribution in [0.3, 0.4) is 0 Å². The SMILES string of the molecule is O=C(CN1CCCc2cc(F)ccc21)NCC1CCCCC1. The molecular weight excluding hydrogens is 279 g/mol. The third kappa shape index (κ3) is 3.79. The van der Waals surface area contributed by atoms with Crippen LogP contribution in [0, 0.1) is 11.7 Å². The van der Waals surface area contributed by atoms with Gasteiger partial charge in [-0.2, -0.15) is 0 Å². The molecular formula is C18H25FN2O. The lowest BCUT2D eigenvalue weighted by Gasteiger charge is -2.31. The Morgan fingerprint density at radius 3 is 2.86 bits per heavy atom. The van der Waals surface area contributed by atoms with Crippen molar-refractivity contribution in [3.05, 3.63) is 29.6 Å². The van der Waals surface area contributed by atoms with Crippen molar-refractivity contribution in [2.75, 3.05) is 24.5 Å². The van der Waals surface area contributed by atoms with Crippen LogP contribution in [0.5, 0.6) is 0 Å². The summed E-state index contributed by atoms with van der Waals surface area (Å²) in [5, 5.41) is 3.09. The van der Waals surface area contributed by atoms with Crippen molar-refractivity contribution in [3.63, 3.8) is 0 Å². The Hall–Kier alpha value is -1.58. The number of hydrogen-bond donors (Lipinski definition) is 1. The van der Waals surface area contributed by atoms with Crippen molar-refractivity contribution in [3.8, 4) is 0 Å². The van der Waals surface area contributed by atoms with Gasteiger partial charge in [-0.25, -0.2) is 4.39 Å². The fourth-order valence-corrected chi connectivity index (χ4v) is 3.69. The number of rotatable bonds is 4. The van der Waals surface area contributed by atoms with E-state index in [-0.39, 0.29) is 11.7 Å². The summed E-state index contributed by atoms with van der Waals surface area (Å²) < 4.78 is 13.3. The third-order valence-electron chi connectivity index (χ3n) is 4.90. The Kier molecular flexibility index (Phi) is 4.96. The molecule has 0 aromatic heterocycles. The Morgan fingerprint density at radius 1 is 1.23 bits per heavy atom. The zero-order chi connectivity index (χ0) is 15.4. The normalized spacial score (nSPS) is 18.9. The Balaban J connectivity index is 1.53. The topological polar surface area (TPSA) is 32.3 Å². The Bertz CT molecular complexity index is 526. The zero-order valence-corrected chi connectivity index (χ0v) is 13.1. The lowest BCUT2D eigenvalue weighted by molar-refractivity contribution is -0.120. The highest BCUT2D eigenvalue weighted by Crippen LogP contribution is 2.27. The van der Waals surface area contributed by atoms with Gasteiger partial charge in [-0.05, 0) is 55.4 Å². The largest absolute Gasteiger partial charge is 0.362 e. The maximum Gasteiger partial charge on any atom is 0.239 e. The summed E-state index contributed by atoms with van der Waals surface area (Å²) in [6.07, 6.45) is 8.29. The molecule has 1 aliphatic carbocycles. The zero-order valence-electron chi connectivity index (χ0n) is 13.1. The summed E-state index contributed by atoms with van der Waals surface area (Å²) in [6.45, 7) is 2.06. The maximum atomic E-state index is 13.3. The molecule has 1 aliphatic heterocycles. The molecule has 3 nitrogen and oxygen atoms in total. The second-order valence-corrected chi connectivity index (χ2v) is 6.61. The highest BCUT2D eigenvalue weighted by Gasteiger charge is 2.20. The van der Waals surface area contributed by atoms with Gasteiger partial charge in [0.05, 0.1) is 6.54 Å². The molecule has 2 aliphatic rings. The molecule has 0 atom stereocenters. The minimum Gasteiger partial charge on any atom is -0.362 e. The first-order valence-corrected chi connectivity index (χ1v) is 8.52. The maximum absolute atomic E-state index is 13.3. The van der Waals surface area contributed by atoms with Crippen molar-refractivity contribution < 1.29 is 9.18 Å². The van der Waals surface area contributed by atoms with Crippen LogP contribution in [-0.4, -0.2) is 25.5 Å². The number of benzene rings is 1. The predicted octanol–water partition coefficient (Wildman–Crippen LogP) is 3.27. The minimum atomic E-state index is -0.192. The quantitative estimate of drug-likeness (QED) is 0.926. The standard InChI is InChI=1S/C18H25FN2O/c19-16-8-9-17-15(11-16)7-4-10-21(17)13-18(22)20-12-14-5-2-1-3-6-14/h8-9,11,14H,1-7,10,12-13H2,(H,20,22). The molecule has 4 heteroatoms. The van der Waals surface area contributed by atoms with E-state index in [1.54, 1.807) is 12.1 Å². The first kappa shape index (κ1) is 15.3. The molecule has 1 heterocycles. The number of fused-ring (bicyclic) bond motifs is 1. The average molecular weight is 304 g/mol. The van der Waals surface area contributed by atoms with Gasteiger partial charge in [-0.3, -0.25) is 4.79 Å². The average Bonchev–Trinajstić information content (AvgIpc) is 2.54. The van der Waals surface area contributed by atoms with E-state index in [9.17, 15) is 9.18 Å². The number of carbonyl (C=O) groups excluding carboxylic acids is 1. The van der Waals surface area contributed by atoms with Crippen LogP contribution < -0.4 is 10.2 Å². The number of carbonyl (C=O) groups is 1. The first-order chi connectivity index (χ1) is 10.7. The van der Waals surface area contributed by atoms with Gasteiger partial charge in [-0.15, -0.1) is 0 Å². The van der Waals surface area contributed by atoms with E-state index in [4.69, 9.17) is 0 Å². The van der Waals surface area contributed by atoms with Gasteiger partial charge in [0.15, 0.2) is 0 Å². The van der Waals surface area contributed by atoms with Crippen molar-refractivity contribution in [1.82, 2.24) is 5.32 Å². The molecule has 0 bridgehead atoms. The molecule has 3 rings (SSSR count). The fraction of sp³-hybridized carbons (Fsp3) is 0.611. The monoisotopic (exact) mass is 304 g/mol. The number of halogens is 1. The number of nitrogens with one attached hydrogen (secondary N) is 1. The fourth-order valence-electron chi connectivity index (χ4n) is 3.69. The Morgan fingerprint density at radius 2 is 2.05 bits per heavy atom. The van der Waals surface area contributed by atoms with Gasteiger partial charge in [0.25, 0.3) is 0 Å². The van der Waals surface area contributed by atoms with Gasteiger partial charge in [0, 0.05) is 18.8 Å². The predicted molar refractivity (Wildman–Crippen MR) is 86.5 cm³/mol. The molecule has 22 heavy (non-hydrogen) atoms. The van der Waals surface area contributed by atoms with E-state index in [1.807, 2.05) is 0 Å². The number of anilines is 1. The van der Waals surface area contributed by atoms with Gasteiger partial charge in [0.2, 0.25) is 5.91 Å². The van der Waals surface area contributed by atoms with Crippen LogP contribution in [0.15, 0.2) is 18.2 Å². The van der Waals surface area contributed by atoms with E-state index < -0.39 is 0 Å². The number of amides is 1. The molecule has 0 unspecified atom stereocenters. The second kappa shape index (κ2) is 7.12. The summed E-state index contributed by atoms with van der Waals surface area (Å²) in [5.41, 5.74) is 2.03. The first-order valence-electron chi connectivity index (χ1n) is 8.52. The summed E-state index contributed by atoms with van der Waals surface area (Å²) >= 11 is 0. The van der Waals surface area contributed by atoms with Crippen LogP contribution >= 0.6 is 0 Å². The summed E-state index contributed by atoms with van der Waals surface area (Å²) in [7, 11) is 0. The van der Waals surface area contributed by atoms with Crippen molar-refractivity contribution in [2.45, 2.75) is 44.9 Å². The van der Waals surface area contributed by atoms with Gasteiger partial charge >= 0.3 is 0 Å². The van der Waals surface area contributed by atoms with Crippen LogP contribution in [0.1, 0.15) is 44.1 Å². The summed E-state index contributed by atoms with van der Waals surface area (Å²) in [5.74, 6) is 0.547. The molecule has 1 amide bonds. The van der Waals surface area contributed by atoms with E-state index in [0.29, 0.717) is 12.5 Å². The highest BCUT2D eigenvalue weighted by atomic mass is 19.1. The number of aryl methyl sites for hydroxylation is 1. The molecule has 0 spiro atoms. The van der Waals surface area contributed by atoms with E-state index in [0.717, 1.165) is 37.2 Å². The third-order valence-corrected chi connectivity index (χ3v) is 4.90. The summed E-state index contributed by atoms with van der Waals surface area (Å²) in [6, 6.07) is 4.89. The van der Waals surface area contributed by atoms with Crippen LogP contribution in [0.25, 0.3) is 0 Å². The van der Waals surface area contributed by atoms with E-state index >= 15 is 0 Å². The van der Waals surface area contributed by atoms with Gasteiger partial charge in [-0.1, -0.05) is 19.3 Å². The van der Waals surface area contributed by atoms with E-state index in [1.165, 1.54) is 38.2 Å². The van der Waals surface area contributed by atoms with Crippen molar-refractivity contribution in [2.24, 2.45) is 5.92 Å². The van der Waals surface area contributed by atoms with Crippen LogP contribution in [0.4, 0.5) is 10.1 Å². The van der Waals surface area contributed by atoms with Crippen molar-refractivity contribution in [1.29, 1.82) is 0 Å². The molecule has 120 valence electrons. The lowest BCUT2D eigenvalue weighted by Crippen LogP contribution is -2.41. The second-order valence-electron chi connectivity index (χ2n) is 6.61. The molecule has 1 aromatic carbocycles. The van der Waals surface area contributed by atoms with Crippen LogP contribution in [0.2, 0.25) is 0 Å². The Labute approximate surface area is 131 Å². The van der Waals surface area contributed by atoms with Gasteiger partial charge < -0.3 is 10.2 Å². The molecule has 0 saturated heterocycles. The molecule has 0 radical (unpaired) electrons. The number of nitrogens with zero attached hydrogens (tertiary/aromatic N) is 1. The molecule has 1 aromatic rings. The van der Waals surface area contributed by atoms with Crippen LogP contribution in [-0.2, 0) is 11.2 Å². The molecule has 1 fully saturated rings. The lowest BCUT2D eigenvalue weighted by atomic mass is 9.89. The van der Waals surface area contributed by atoms with E-state index in [2.05, 4.69) is 10.2 Å².